The van der Waals surface area contributed by atoms with Gasteiger partial charge >= 0.3 is 0 Å². The smallest absolute Gasteiger partial charge is 0.295 e. The lowest BCUT2D eigenvalue weighted by atomic mass is 10.1. The number of rotatable bonds is 3. The normalized spacial score (nSPS) is 13.2. The van der Waals surface area contributed by atoms with Crippen molar-refractivity contribution >= 4 is 33.0 Å². The molecule has 1 N–H and O–H groups in total. The van der Waals surface area contributed by atoms with Gasteiger partial charge in [-0.05, 0) is 29.8 Å². The predicted molar refractivity (Wildman–Crippen MR) is 84.7 cm³/mol. The molecule has 0 aliphatic carbocycles. The highest BCUT2D eigenvalue weighted by Gasteiger charge is 2.17. The maximum Gasteiger partial charge on any atom is 0.295 e. The maximum atomic E-state index is 5.72. The lowest BCUT2D eigenvalue weighted by Gasteiger charge is -2.09. The van der Waals surface area contributed by atoms with E-state index in [0.717, 1.165) is 39.9 Å². The molecule has 0 bridgehead atoms. The second-order valence-corrected chi connectivity index (χ2v) is 5.91. The number of anilines is 1. The van der Waals surface area contributed by atoms with Gasteiger partial charge in [-0.15, -0.1) is 0 Å². The molecule has 106 valence electrons. The number of fused-ring (bicyclic) bond motifs is 2. The molecule has 0 spiro atoms. The monoisotopic (exact) mass is 344 g/mol. The fourth-order valence-corrected chi connectivity index (χ4v) is 3.15. The number of para-hydroxylation sites is 2. The molecule has 0 fully saturated rings. The lowest BCUT2D eigenvalue weighted by molar-refractivity contribution is 0.353. The van der Waals surface area contributed by atoms with Gasteiger partial charge in [0.25, 0.3) is 6.01 Å². The van der Waals surface area contributed by atoms with Crippen LogP contribution in [0.2, 0.25) is 0 Å². The molecule has 1 aromatic heterocycles. The van der Waals surface area contributed by atoms with Crippen LogP contribution >= 0.6 is 15.9 Å². The number of nitrogens with zero attached hydrogens (tertiary/aromatic N) is 1. The molecule has 0 radical (unpaired) electrons. The molecule has 0 atom stereocenters. The van der Waals surface area contributed by atoms with E-state index in [-0.39, 0.29) is 0 Å². The quantitative estimate of drug-likeness (QED) is 0.775. The highest BCUT2D eigenvalue weighted by Crippen LogP contribution is 2.33. The highest BCUT2D eigenvalue weighted by atomic mass is 79.9. The maximum absolute atomic E-state index is 5.72. The third kappa shape index (κ3) is 2.38. The highest BCUT2D eigenvalue weighted by molar-refractivity contribution is 9.10. The van der Waals surface area contributed by atoms with Gasteiger partial charge in [-0.2, -0.15) is 4.98 Å². The Labute approximate surface area is 130 Å². The van der Waals surface area contributed by atoms with Crippen molar-refractivity contribution in [3.63, 3.8) is 0 Å². The number of halogens is 1. The van der Waals surface area contributed by atoms with E-state index in [9.17, 15) is 0 Å². The number of benzene rings is 2. The summed E-state index contributed by atoms with van der Waals surface area (Å²) in [6.07, 6.45) is 0.963. The van der Waals surface area contributed by atoms with Gasteiger partial charge in [0.05, 0.1) is 6.61 Å². The molecule has 21 heavy (non-hydrogen) atoms. The van der Waals surface area contributed by atoms with Crippen LogP contribution in [0.4, 0.5) is 6.01 Å². The van der Waals surface area contributed by atoms with E-state index < -0.39 is 0 Å². The van der Waals surface area contributed by atoms with Crippen molar-refractivity contribution < 1.29 is 9.15 Å². The Kier molecular flexibility index (Phi) is 3.07. The first-order chi connectivity index (χ1) is 10.3. The summed E-state index contributed by atoms with van der Waals surface area (Å²) in [5.41, 5.74) is 4.00. The third-order valence-electron chi connectivity index (χ3n) is 3.55. The zero-order chi connectivity index (χ0) is 14.2. The van der Waals surface area contributed by atoms with Crippen molar-refractivity contribution in [2.75, 3.05) is 11.9 Å². The van der Waals surface area contributed by atoms with Gasteiger partial charge in [0.1, 0.15) is 11.3 Å². The van der Waals surface area contributed by atoms with Crippen LogP contribution < -0.4 is 10.1 Å². The van der Waals surface area contributed by atoms with Crippen molar-refractivity contribution in [3.8, 4) is 5.75 Å². The van der Waals surface area contributed by atoms with Gasteiger partial charge in [0, 0.05) is 23.0 Å². The first kappa shape index (κ1) is 12.7. The van der Waals surface area contributed by atoms with Gasteiger partial charge in [-0.3, -0.25) is 0 Å². The van der Waals surface area contributed by atoms with Crippen molar-refractivity contribution in [3.05, 3.63) is 52.0 Å². The number of nitrogens with one attached hydrogen (secondary N) is 1. The van der Waals surface area contributed by atoms with Crippen molar-refractivity contribution in [2.45, 2.75) is 13.0 Å². The summed E-state index contributed by atoms with van der Waals surface area (Å²) in [6, 6.07) is 12.4. The van der Waals surface area contributed by atoms with Crippen LogP contribution in [0, 0.1) is 0 Å². The van der Waals surface area contributed by atoms with Crippen LogP contribution in [0.25, 0.3) is 11.1 Å². The van der Waals surface area contributed by atoms with Crippen molar-refractivity contribution in [1.29, 1.82) is 0 Å². The summed E-state index contributed by atoms with van der Waals surface area (Å²) in [4.78, 5) is 4.41. The van der Waals surface area contributed by atoms with Crippen LogP contribution in [0.15, 0.2) is 45.3 Å². The molecule has 4 rings (SSSR count). The molecule has 0 amide bonds. The lowest BCUT2D eigenvalue weighted by Crippen LogP contribution is -2.01. The Bertz CT molecular complexity index is 780. The van der Waals surface area contributed by atoms with Crippen LogP contribution in [0.1, 0.15) is 11.1 Å². The van der Waals surface area contributed by atoms with Crippen molar-refractivity contribution in [2.24, 2.45) is 0 Å². The average Bonchev–Trinajstić information content (AvgIpc) is 3.10. The van der Waals surface area contributed by atoms with Crippen molar-refractivity contribution in [1.82, 2.24) is 4.98 Å². The Morgan fingerprint density at radius 1 is 1.24 bits per heavy atom. The molecule has 3 aromatic rings. The molecular weight excluding hydrogens is 332 g/mol. The number of hydrogen-bond acceptors (Lipinski definition) is 4. The number of ether oxygens (including phenoxy) is 1. The van der Waals surface area contributed by atoms with Crippen LogP contribution in [-0.4, -0.2) is 11.6 Å². The zero-order valence-corrected chi connectivity index (χ0v) is 12.8. The fourth-order valence-electron chi connectivity index (χ4n) is 2.60. The van der Waals surface area contributed by atoms with Crippen LogP contribution in [0.5, 0.6) is 5.75 Å². The standard InChI is InChI=1S/C16H13BrN2O2/c17-12-7-10-5-6-20-15(10)11(8-12)9-18-16-19-13-3-1-2-4-14(13)21-16/h1-4,7-8H,5-6,9H2,(H,18,19). The van der Waals surface area contributed by atoms with E-state index in [1.807, 2.05) is 24.3 Å². The molecule has 0 saturated heterocycles. The van der Waals surface area contributed by atoms with Gasteiger partial charge in [-0.1, -0.05) is 28.1 Å². The predicted octanol–water partition coefficient (Wildman–Crippen LogP) is 4.14. The number of hydrogen-bond donors (Lipinski definition) is 1. The summed E-state index contributed by atoms with van der Waals surface area (Å²) in [6.45, 7) is 1.37. The Morgan fingerprint density at radius 3 is 3.05 bits per heavy atom. The summed E-state index contributed by atoms with van der Waals surface area (Å²) in [5.74, 6) is 0.988. The molecule has 4 nitrogen and oxygen atoms in total. The fraction of sp³-hybridized carbons (Fsp3) is 0.188. The zero-order valence-electron chi connectivity index (χ0n) is 11.2. The second-order valence-electron chi connectivity index (χ2n) is 4.99. The van der Waals surface area contributed by atoms with Crippen LogP contribution in [0.3, 0.4) is 0 Å². The number of oxazole rings is 1. The first-order valence-electron chi connectivity index (χ1n) is 6.83. The van der Waals surface area contributed by atoms with Crippen LogP contribution in [-0.2, 0) is 13.0 Å². The van der Waals surface area contributed by atoms with E-state index in [1.165, 1.54) is 5.56 Å². The van der Waals surface area contributed by atoms with E-state index in [1.54, 1.807) is 0 Å². The minimum absolute atomic E-state index is 0.530. The van der Waals surface area contributed by atoms with Gasteiger partial charge in [-0.25, -0.2) is 0 Å². The minimum Gasteiger partial charge on any atom is -0.493 e. The summed E-state index contributed by atoms with van der Waals surface area (Å²) >= 11 is 3.55. The Hall–Kier alpha value is -2.01. The minimum atomic E-state index is 0.530. The van der Waals surface area contributed by atoms with Gasteiger partial charge < -0.3 is 14.5 Å². The summed E-state index contributed by atoms with van der Waals surface area (Å²) in [5, 5.41) is 3.23. The van der Waals surface area contributed by atoms with Gasteiger partial charge in [0.2, 0.25) is 0 Å². The molecule has 0 unspecified atom stereocenters. The molecule has 2 aromatic carbocycles. The molecular formula is C16H13BrN2O2. The molecule has 0 saturated carbocycles. The summed E-state index contributed by atoms with van der Waals surface area (Å²) in [7, 11) is 0. The Balaban J connectivity index is 1.59. The molecule has 2 heterocycles. The van der Waals surface area contributed by atoms with E-state index in [4.69, 9.17) is 9.15 Å². The number of aromatic nitrogens is 1. The first-order valence-corrected chi connectivity index (χ1v) is 7.62. The average molecular weight is 345 g/mol. The largest absolute Gasteiger partial charge is 0.493 e. The Morgan fingerprint density at radius 2 is 2.14 bits per heavy atom. The third-order valence-corrected chi connectivity index (χ3v) is 4.01. The SMILES string of the molecule is Brc1cc2c(c(CNc3nc4ccccc4o3)c1)OCC2. The van der Waals surface area contributed by atoms with Gasteiger partial charge in [0.15, 0.2) is 5.58 Å². The molecule has 5 heteroatoms. The second kappa shape index (κ2) is 5.07. The van der Waals surface area contributed by atoms with E-state index in [0.29, 0.717) is 12.6 Å². The molecule has 1 aliphatic heterocycles. The topological polar surface area (TPSA) is 47.3 Å². The molecule has 1 aliphatic rings. The van der Waals surface area contributed by atoms with E-state index in [2.05, 4.69) is 38.4 Å². The van der Waals surface area contributed by atoms with E-state index >= 15 is 0 Å². The summed E-state index contributed by atoms with van der Waals surface area (Å²) < 4.78 is 12.5.